The van der Waals surface area contributed by atoms with Crippen LogP contribution < -0.4 is 0 Å². The van der Waals surface area contributed by atoms with Crippen molar-refractivity contribution in [3.8, 4) is 0 Å². The average Bonchev–Trinajstić information content (AvgIpc) is 3.04. The Balaban J connectivity index is 1.46. The standard InChI is InChI=1S/C31H52O2/c1-20(33-21(2)32)22-12-17-28(5)23(22)13-18-30(7)25(28)10-11-26-29(6)16-9-15-27(3,4)24(29)14-19-31(26,30)8/h20,22-26H,9-19H2,1-8H3/t20-,22-,23-,24-,25-,26+,28-,29-,30+,31+/m0/s1. The summed E-state index contributed by atoms with van der Waals surface area (Å²) in [4.78, 5) is 11.7. The highest BCUT2D eigenvalue weighted by molar-refractivity contribution is 5.66. The van der Waals surface area contributed by atoms with Crippen molar-refractivity contribution in [2.75, 3.05) is 0 Å². The molecule has 0 aliphatic heterocycles. The molecule has 5 fully saturated rings. The fraction of sp³-hybridized carbons (Fsp3) is 0.968. The van der Waals surface area contributed by atoms with Gasteiger partial charge in [-0.25, -0.2) is 0 Å². The zero-order valence-electron chi connectivity index (χ0n) is 23.1. The molecule has 2 heteroatoms. The SMILES string of the molecule is CC(=O)O[C@@H](C)[C@@H]1CC[C@@]2(C)[C@H]1CC[C@]1(C)[C@H]2CC[C@@H]2[C@@]3(C)CCCC(C)(C)[C@@H]3CC[C@]21C. The van der Waals surface area contributed by atoms with Crippen LogP contribution in [0, 0.1) is 56.7 Å². The molecule has 0 heterocycles. The van der Waals surface area contributed by atoms with Crippen LogP contribution in [0.3, 0.4) is 0 Å². The molecule has 0 aromatic rings. The van der Waals surface area contributed by atoms with Crippen LogP contribution >= 0.6 is 0 Å². The minimum Gasteiger partial charge on any atom is -0.463 e. The molecular weight excluding hydrogens is 404 g/mol. The van der Waals surface area contributed by atoms with Crippen LogP contribution in [0.1, 0.15) is 126 Å². The molecule has 33 heavy (non-hydrogen) atoms. The molecule has 0 aromatic heterocycles. The fourth-order valence-corrected chi connectivity index (χ4v) is 12.2. The Morgan fingerprint density at radius 3 is 1.97 bits per heavy atom. The zero-order chi connectivity index (χ0) is 24.0. The lowest BCUT2D eigenvalue weighted by molar-refractivity contribution is -0.242. The predicted molar refractivity (Wildman–Crippen MR) is 136 cm³/mol. The molecular formula is C31H52O2. The van der Waals surface area contributed by atoms with Crippen molar-refractivity contribution in [2.24, 2.45) is 56.7 Å². The highest BCUT2D eigenvalue weighted by Crippen LogP contribution is 2.77. The third-order valence-electron chi connectivity index (χ3n) is 13.7. The third kappa shape index (κ3) is 3.13. The fourth-order valence-electron chi connectivity index (χ4n) is 12.2. The molecule has 0 saturated heterocycles. The van der Waals surface area contributed by atoms with Gasteiger partial charge in [0.2, 0.25) is 0 Å². The van der Waals surface area contributed by atoms with E-state index in [0.717, 1.165) is 23.7 Å². The number of esters is 1. The van der Waals surface area contributed by atoms with Crippen LogP contribution in [0.4, 0.5) is 0 Å². The Morgan fingerprint density at radius 2 is 1.33 bits per heavy atom. The van der Waals surface area contributed by atoms with E-state index in [2.05, 4.69) is 48.5 Å². The van der Waals surface area contributed by atoms with E-state index in [9.17, 15) is 4.79 Å². The van der Waals surface area contributed by atoms with Crippen LogP contribution in [0.5, 0.6) is 0 Å². The second-order valence-electron chi connectivity index (χ2n) is 15.1. The summed E-state index contributed by atoms with van der Waals surface area (Å²) >= 11 is 0. The van der Waals surface area contributed by atoms with E-state index >= 15 is 0 Å². The number of ether oxygens (including phenoxy) is 1. The molecule has 10 atom stereocenters. The topological polar surface area (TPSA) is 26.3 Å². The maximum atomic E-state index is 11.7. The van der Waals surface area contributed by atoms with Gasteiger partial charge in [-0.2, -0.15) is 0 Å². The molecule has 2 nitrogen and oxygen atoms in total. The van der Waals surface area contributed by atoms with Crippen molar-refractivity contribution in [3.63, 3.8) is 0 Å². The quantitative estimate of drug-likeness (QED) is 0.390. The predicted octanol–water partition coefficient (Wildman–Crippen LogP) is 8.43. The lowest BCUT2D eigenvalue weighted by Gasteiger charge is -2.73. The van der Waals surface area contributed by atoms with Crippen molar-refractivity contribution in [1.82, 2.24) is 0 Å². The Kier molecular flexibility index (Phi) is 5.49. The molecule has 0 amide bonds. The van der Waals surface area contributed by atoms with Crippen molar-refractivity contribution < 1.29 is 9.53 Å². The normalized spacial score (nSPS) is 53.8. The van der Waals surface area contributed by atoms with Gasteiger partial charge in [-0.05, 0) is 128 Å². The Hall–Kier alpha value is -0.530. The smallest absolute Gasteiger partial charge is 0.302 e. The summed E-state index contributed by atoms with van der Waals surface area (Å²) in [6.45, 7) is 19.8. The first-order valence-corrected chi connectivity index (χ1v) is 14.5. The van der Waals surface area contributed by atoms with Crippen molar-refractivity contribution >= 4 is 5.97 Å². The second-order valence-corrected chi connectivity index (χ2v) is 15.1. The number of carbonyl (C=O) groups is 1. The van der Waals surface area contributed by atoms with Gasteiger partial charge >= 0.3 is 5.97 Å². The monoisotopic (exact) mass is 456 g/mol. The molecule has 0 bridgehead atoms. The number of rotatable bonds is 2. The van der Waals surface area contributed by atoms with Gasteiger partial charge in [-0.15, -0.1) is 0 Å². The third-order valence-corrected chi connectivity index (χ3v) is 13.7. The summed E-state index contributed by atoms with van der Waals surface area (Å²) in [5, 5.41) is 0. The van der Waals surface area contributed by atoms with Gasteiger partial charge in [-0.1, -0.05) is 48.0 Å². The minimum absolute atomic E-state index is 0.0735. The van der Waals surface area contributed by atoms with Gasteiger partial charge in [-0.3, -0.25) is 4.79 Å². The Bertz CT molecular complexity index is 801. The highest BCUT2D eigenvalue weighted by atomic mass is 16.5. The summed E-state index contributed by atoms with van der Waals surface area (Å²) in [6.07, 6.45) is 15.5. The first kappa shape index (κ1) is 24.2. The van der Waals surface area contributed by atoms with E-state index in [1.807, 2.05) is 0 Å². The van der Waals surface area contributed by atoms with Gasteiger partial charge in [0, 0.05) is 6.92 Å². The van der Waals surface area contributed by atoms with Gasteiger partial charge in [0.15, 0.2) is 0 Å². The average molecular weight is 457 g/mol. The number of carbonyl (C=O) groups excluding carboxylic acids is 1. The maximum absolute atomic E-state index is 11.7. The number of hydrogen-bond donors (Lipinski definition) is 0. The molecule has 5 rings (SSSR count). The van der Waals surface area contributed by atoms with E-state index in [-0.39, 0.29) is 12.1 Å². The molecule has 5 aliphatic rings. The van der Waals surface area contributed by atoms with Gasteiger partial charge < -0.3 is 4.74 Å². The van der Waals surface area contributed by atoms with Crippen LogP contribution in [-0.4, -0.2) is 12.1 Å². The summed E-state index contributed by atoms with van der Waals surface area (Å²) in [7, 11) is 0. The summed E-state index contributed by atoms with van der Waals surface area (Å²) < 4.78 is 5.75. The van der Waals surface area contributed by atoms with Crippen LogP contribution in [0.15, 0.2) is 0 Å². The van der Waals surface area contributed by atoms with E-state index in [1.165, 1.54) is 70.6 Å². The maximum Gasteiger partial charge on any atom is 0.302 e. The molecule has 0 unspecified atom stereocenters. The number of fused-ring (bicyclic) bond motifs is 7. The lowest BCUT2D eigenvalue weighted by atomic mass is 9.32. The van der Waals surface area contributed by atoms with Crippen LogP contribution in [0.25, 0.3) is 0 Å². The van der Waals surface area contributed by atoms with Crippen LogP contribution in [-0.2, 0) is 9.53 Å². The first-order valence-electron chi connectivity index (χ1n) is 14.5. The Morgan fingerprint density at radius 1 is 0.727 bits per heavy atom. The molecule has 0 aromatic carbocycles. The zero-order valence-corrected chi connectivity index (χ0v) is 23.1. The largest absolute Gasteiger partial charge is 0.463 e. The molecule has 5 saturated carbocycles. The summed E-state index contributed by atoms with van der Waals surface area (Å²) in [5.41, 5.74) is 2.39. The minimum atomic E-state index is -0.106. The van der Waals surface area contributed by atoms with Crippen molar-refractivity contribution in [1.29, 1.82) is 0 Å². The lowest BCUT2D eigenvalue weighted by Crippen LogP contribution is -2.65. The van der Waals surface area contributed by atoms with E-state index in [0.29, 0.717) is 33.0 Å². The molecule has 0 spiro atoms. The summed E-state index contributed by atoms with van der Waals surface area (Å²) in [5.74, 6) is 3.81. The Labute approximate surface area is 204 Å². The second kappa shape index (κ2) is 7.49. The van der Waals surface area contributed by atoms with Crippen molar-refractivity contribution in [3.05, 3.63) is 0 Å². The van der Waals surface area contributed by atoms with Crippen LogP contribution in [0.2, 0.25) is 0 Å². The highest BCUT2D eigenvalue weighted by Gasteiger charge is 2.70. The van der Waals surface area contributed by atoms with Crippen molar-refractivity contribution in [2.45, 2.75) is 132 Å². The van der Waals surface area contributed by atoms with E-state index in [1.54, 1.807) is 6.92 Å². The van der Waals surface area contributed by atoms with Gasteiger partial charge in [0.05, 0.1) is 0 Å². The van der Waals surface area contributed by atoms with Gasteiger partial charge in [0.25, 0.3) is 0 Å². The molecule has 5 aliphatic carbocycles. The first-order chi connectivity index (χ1) is 15.3. The van der Waals surface area contributed by atoms with Gasteiger partial charge in [0.1, 0.15) is 6.10 Å². The molecule has 0 radical (unpaired) electrons. The summed E-state index contributed by atoms with van der Waals surface area (Å²) in [6, 6.07) is 0. The molecule has 0 N–H and O–H groups in total. The van der Waals surface area contributed by atoms with E-state index in [4.69, 9.17) is 4.74 Å². The van der Waals surface area contributed by atoms with E-state index < -0.39 is 0 Å². The number of hydrogen-bond acceptors (Lipinski definition) is 2. The molecule has 188 valence electrons.